The third-order valence-corrected chi connectivity index (χ3v) is 9.88. The van der Waals surface area contributed by atoms with Gasteiger partial charge in [0.25, 0.3) is 0 Å². The molecular weight excluding hydrogens is 669 g/mol. The third kappa shape index (κ3) is 42.6. The van der Waals surface area contributed by atoms with Gasteiger partial charge < -0.3 is 14.2 Å². The highest BCUT2D eigenvalue weighted by molar-refractivity contribution is 5.70. The van der Waals surface area contributed by atoms with Crippen LogP contribution >= 0.6 is 0 Å². The molecule has 0 aliphatic carbocycles. The summed E-state index contributed by atoms with van der Waals surface area (Å²) >= 11 is 0. The molecule has 0 radical (unpaired) electrons. The Labute approximate surface area is 335 Å². The molecule has 0 aromatic rings. The summed E-state index contributed by atoms with van der Waals surface area (Å²) in [6.45, 7) is 7.69. The average molecular weight is 757 g/mol. The molecule has 0 N–H and O–H groups in total. The maximum absolute atomic E-state index is 12.7. The van der Waals surface area contributed by atoms with E-state index in [1.165, 1.54) is 109 Å². The fourth-order valence-corrected chi connectivity index (χ4v) is 6.44. The van der Waals surface area contributed by atoms with Crippen LogP contribution in [-0.2, 0) is 23.8 Å². The van der Waals surface area contributed by atoms with Crippen LogP contribution < -0.4 is 0 Å². The van der Waals surface area contributed by atoms with Gasteiger partial charge in [0.2, 0.25) is 0 Å². The second-order valence-corrected chi connectivity index (χ2v) is 15.3. The second-order valence-electron chi connectivity index (χ2n) is 15.3. The SMILES string of the molecule is CC/C=C\C/C=C\C/C=C\C/C=C\CCCCCCC(=O)OCC(COCCCCCCCCCCCC)OC(=O)CCCCCCCCCCCCC. The summed E-state index contributed by atoms with van der Waals surface area (Å²) in [6.07, 6.45) is 53.9. The number of hydrogen-bond acceptors (Lipinski definition) is 5. The van der Waals surface area contributed by atoms with Crippen molar-refractivity contribution in [1.82, 2.24) is 0 Å². The van der Waals surface area contributed by atoms with E-state index in [-0.39, 0.29) is 25.2 Å². The van der Waals surface area contributed by atoms with E-state index < -0.39 is 6.10 Å². The van der Waals surface area contributed by atoms with Crippen LogP contribution in [0.15, 0.2) is 48.6 Å². The highest BCUT2D eigenvalue weighted by Crippen LogP contribution is 2.14. The molecule has 5 heteroatoms. The Balaban J connectivity index is 4.25. The lowest BCUT2D eigenvalue weighted by Crippen LogP contribution is -2.30. The van der Waals surface area contributed by atoms with Crippen LogP contribution in [0.4, 0.5) is 0 Å². The molecule has 0 heterocycles. The minimum atomic E-state index is -0.539. The molecule has 0 aliphatic rings. The van der Waals surface area contributed by atoms with Crippen molar-refractivity contribution in [3.63, 3.8) is 0 Å². The molecule has 54 heavy (non-hydrogen) atoms. The van der Waals surface area contributed by atoms with Crippen molar-refractivity contribution in [1.29, 1.82) is 0 Å². The van der Waals surface area contributed by atoms with Crippen LogP contribution in [0.2, 0.25) is 0 Å². The number of rotatable bonds is 42. The lowest BCUT2D eigenvalue weighted by Gasteiger charge is -2.18. The van der Waals surface area contributed by atoms with E-state index in [1.54, 1.807) is 0 Å². The lowest BCUT2D eigenvalue weighted by molar-refractivity contribution is -0.163. The van der Waals surface area contributed by atoms with E-state index in [0.717, 1.165) is 83.5 Å². The Kier molecular flexibility index (Phi) is 43.5. The van der Waals surface area contributed by atoms with E-state index in [4.69, 9.17) is 14.2 Å². The Hall–Kier alpha value is -2.14. The summed E-state index contributed by atoms with van der Waals surface area (Å²) in [4.78, 5) is 25.2. The van der Waals surface area contributed by atoms with E-state index in [0.29, 0.717) is 19.4 Å². The van der Waals surface area contributed by atoms with Crippen LogP contribution in [0, 0.1) is 0 Å². The molecule has 314 valence electrons. The topological polar surface area (TPSA) is 61.8 Å². The van der Waals surface area contributed by atoms with E-state index in [9.17, 15) is 9.59 Å². The summed E-state index contributed by atoms with van der Waals surface area (Å²) in [7, 11) is 0. The number of ether oxygens (including phenoxy) is 3. The van der Waals surface area contributed by atoms with Crippen molar-refractivity contribution in [2.75, 3.05) is 19.8 Å². The number of hydrogen-bond donors (Lipinski definition) is 0. The molecule has 0 rings (SSSR count). The first kappa shape index (κ1) is 51.9. The first-order valence-corrected chi connectivity index (χ1v) is 23.2. The van der Waals surface area contributed by atoms with Crippen LogP contribution in [0.5, 0.6) is 0 Å². The monoisotopic (exact) mass is 757 g/mol. The van der Waals surface area contributed by atoms with Gasteiger partial charge >= 0.3 is 11.9 Å². The fourth-order valence-electron chi connectivity index (χ4n) is 6.44. The lowest BCUT2D eigenvalue weighted by atomic mass is 10.1. The minimum absolute atomic E-state index is 0.0761. The van der Waals surface area contributed by atoms with Gasteiger partial charge in [-0.25, -0.2) is 0 Å². The highest BCUT2D eigenvalue weighted by atomic mass is 16.6. The van der Waals surface area contributed by atoms with Gasteiger partial charge in [0.15, 0.2) is 6.10 Å². The normalized spacial score (nSPS) is 12.6. The molecule has 1 atom stereocenters. The van der Waals surface area contributed by atoms with E-state index in [1.807, 2.05) is 0 Å². The maximum Gasteiger partial charge on any atom is 0.306 e. The van der Waals surface area contributed by atoms with Gasteiger partial charge in [0, 0.05) is 19.4 Å². The standard InChI is InChI=1S/C49H88O5/c1-4-7-10-13-16-19-22-23-24-25-26-27-29-30-33-36-39-42-48(50)53-46-47(45-52-44-41-38-35-32-21-18-15-12-9-6-3)54-49(51)43-40-37-34-31-28-20-17-14-11-8-5-2/h7,10,16,19,23-24,26-27,47H,4-6,8-9,11-15,17-18,20-22,25,28-46H2,1-3H3/b10-7-,19-16-,24-23-,27-26-. The molecule has 0 fully saturated rings. The molecular formula is C49H88O5. The van der Waals surface area contributed by atoms with E-state index >= 15 is 0 Å². The summed E-state index contributed by atoms with van der Waals surface area (Å²) in [5, 5.41) is 0. The summed E-state index contributed by atoms with van der Waals surface area (Å²) in [5.41, 5.74) is 0. The van der Waals surface area contributed by atoms with Crippen LogP contribution in [0.25, 0.3) is 0 Å². The zero-order valence-electron chi connectivity index (χ0n) is 36.0. The summed E-state index contributed by atoms with van der Waals surface area (Å²) in [5.74, 6) is -0.419. The minimum Gasteiger partial charge on any atom is -0.462 e. The summed E-state index contributed by atoms with van der Waals surface area (Å²) in [6, 6.07) is 0. The molecule has 0 aliphatic heterocycles. The zero-order valence-corrected chi connectivity index (χ0v) is 36.0. The Morgan fingerprint density at radius 2 is 0.833 bits per heavy atom. The quantitative estimate of drug-likeness (QED) is 0.0353. The molecule has 0 spiro atoms. The van der Waals surface area contributed by atoms with Crippen molar-refractivity contribution in [3.05, 3.63) is 48.6 Å². The van der Waals surface area contributed by atoms with Gasteiger partial charge in [0.1, 0.15) is 6.61 Å². The first-order valence-electron chi connectivity index (χ1n) is 23.2. The number of esters is 2. The van der Waals surface area contributed by atoms with Gasteiger partial charge in [0.05, 0.1) is 6.61 Å². The molecule has 0 aromatic carbocycles. The largest absolute Gasteiger partial charge is 0.462 e. The van der Waals surface area contributed by atoms with Gasteiger partial charge in [-0.2, -0.15) is 0 Å². The smallest absolute Gasteiger partial charge is 0.306 e. The van der Waals surface area contributed by atoms with Crippen LogP contribution in [0.3, 0.4) is 0 Å². The van der Waals surface area contributed by atoms with Gasteiger partial charge in [-0.1, -0.05) is 204 Å². The zero-order chi connectivity index (χ0) is 39.3. The second kappa shape index (κ2) is 45.3. The highest BCUT2D eigenvalue weighted by Gasteiger charge is 2.17. The Morgan fingerprint density at radius 1 is 0.426 bits per heavy atom. The van der Waals surface area contributed by atoms with Crippen LogP contribution in [-0.4, -0.2) is 37.9 Å². The van der Waals surface area contributed by atoms with Gasteiger partial charge in [-0.3, -0.25) is 9.59 Å². The molecule has 0 aromatic heterocycles. The number of carbonyl (C=O) groups is 2. The number of carbonyl (C=O) groups excluding carboxylic acids is 2. The molecule has 1 unspecified atom stereocenters. The van der Waals surface area contributed by atoms with E-state index in [2.05, 4.69) is 69.4 Å². The Bertz CT molecular complexity index is 904. The molecule has 0 bridgehead atoms. The van der Waals surface area contributed by atoms with Gasteiger partial charge in [-0.15, -0.1) is 0 Å². The van der Waals surface area contributed by atoms with Crippen molar-refractivity contribution in [2.45, 2.75) is 232 Å². The van der Waals surface area contributed by atoms with Crippen molar-refractivity contribution < 1.29 is 23.8 Å². The van der Waals surface area contributed by atoms with Crippen molar-refractivity contribution in [3.8, 4) is 0 Å². The predicted octanol–water partition coefficient (Wildman–Crippen LogP) is 15.2. The molecule has 0 amide bonds. The first-order chi connectivity index (χ1) is 26.6. The number of unbranched alkanes of at least 4 members (excludes halogenated alkanes) is 23. The average Bonchev–Trinajstić information content (AvgIpc) is 3.17. The van der Waals surface area contributed by atoms with Gasteiger partial charge in [-0.05, 0) is 57.8 Å². The third-order valence-electron chi connectivity index (χ3n) is 9.88. The molecule has 0 saturated heterocycles. The van der Waals surface area contributed by atoms with Crippen molar-refractivity contribution >= 4 is 11.9 Å². The summed E-state index contributed by atoms with van der Waals surface area (Å²) < 4.78 is 17.3. The maximum atomic E-state index is 12.7. The molecule has 5 nitrogen and oxygen atoms in total. The van der Waals surface area contributed by atoms with Crippen LogP contribution in [0.1, 0.15) is 226 Å². The fraction of sp³-hybridized carbons (Fsp3) is 0.796. The number of allylic oxidation sites excluding steroid dienone is 8. The Morgan fingerprint density at radius 3 is 1.33 bits per heavy atom. The predicted molar refractivity (Wildman–Crippen MR) is 233 cm³/mol. The van der Waals surface area contributed by atoms with Crippen molar-refractivity contribution in [2.24, 2.45) is 0 Å². The molecule has 0 saturated carbocycles.